The fraction of sp³-hybridized carbons (Fsp3) is 0.353. The SMILES string of the molecule is COC(=O)[C@H](Cc1ccc(OC)cc1)NC(=O)c1ccc2c(C3CCCCC3)c3n(c2c1)CCOc1ccccc1-3. The van der Waals surface area contributed by atoms with Crippen molar-refractivity contribution in [2.75, 3.05) is 20.8 Å². The van der Waals surface area contributed by atoms with E-state index in [0.29, 0.717) is 31.1 Å². The molecule has 1 aliphatic heterocycles. The van der Waals surface area contributed by atoms with Crippen molar-refractivity contribution in [1.29, 1.82) is 0 Å². The molecule has 1 aromatic heterocycles. The first kappa shape index (κ1) is 26.9. The predicted molar refractivity (Wildman–Crippen MR) is 159 cm³/mol. The largest absolute Gasteiger partial charge is 0.497 e. The minimum Gasteiger partial charge on any atom is -0.497 e. The molecule has 7 nitrogen and oxygen atoms in total. The van der Waals surface area contributed by atoms with Crippen LogP contribution in [-0.2, 0) is 22.5 Å². The number of para-hydroxylation sites is 1. The lowest BCUT2D eigenvalue weighted by Crippen LogP contribution is -2.43. The molecule has 41 heavy (non-hydrogen) atoms. The van der Waals surface area contributed by atoms with E-state index in [1.54, 1.807) is 7.11 Å². The molecule has 1 aliphatic carbocycles. The molecule has 4 aromatic rings. The summed E-state index contributed by atoms with van der Waals surface area (Å²) < 4.78 is 18.8. The van der Waals surface area contributed by atoms with Crippen LogP contribution in [0.4, 0.5) is 0 Å². The van der Waals surface area contributed by atoms with Crippen molar-refractivity contribution in [3.05, 3.63) is 83.4 Å². The van der Waals surface area contributed by atoms with Crippen molar-refractivity contribution in [2.24, 2.45) is 0 Å². The molecule has 1 atom stereocenters. The van der Waals surface area contributed by atoms with E-state index in [9.17, 15) is 9.59 Å². The number of esters is 1. The van der Waals surface area contributed by atoms with Gasteiger partial charge in [-0.25, -0.2) is 4.79 Å². The monoisotopic (exact) mass is 552 g/mol. The Morgan fingerprint density at radius 2 is 1.78 bits per heavy atom. The van der Waals surface area contributed by atoms with Gasteiger partial charge in [0, 0.05) is 28.5 Å². The van der Waals surface area contributed by atoms with Crippen LogP contribution in [0.3, 0.4) is 0 Å². The van der Waals surface area contributed by atoms with E-state index in [1.165, 1.54) is 55.9 Å². The number of hydrogen-bond donors (Lipinski definition) is 1. The summed E-state index contributed by atoms with van der Waals surface area (Å²) in [5, 5.41) is 4.12. The van der Waals surface area contributed by atoms with Crippen LogP contribution in [-0.4, -0.2) is 43.3 Å². The minimum atomic E-state index is -0.820. The molecule has 1 amide bonds. The number of carbonyl (C=O) groups is 2. The van der Waals surface area contributed by atoms with E-state index < -0.39 is 12.0 Å². The molecular weight excluding hydrogens is 516 g/mol. The standard InChI is InChI=1S/C34H36N2O5/c1-39-25-15-12-22(13-16-25)20-28(34(38)40-2)35-33(37)24-14-17-26-29(21-24)36-18-19-41-30-11-7-6-10-27(30)32(36)31(26)23-8-4-3-5-9-23/h6-7,10-17,21,23,28H,3-5,8-9,18-20H2,1-2H3,(H,35,37)/t28-/m0/s1. The number of rotatable bonds is 7. The van der Waals surface area contributed by atoms with Crippen molar-refractivity contribution >= 4 is 22.8 Å². The number of amides is 1. The number of carbonyl (C=O) groups excluding carboxylic acids is 2. The van der Waals surface area contributed by atoms with Gasteiger partial charge in [-0.15, -0.1) is 0 Å². The molecule has 1 saturated carbocycles. The van der Waals surface area contributed by atoms with E-state index in [2.05, 4.69) is 28.1 Å². The van der Waals surface area contributed by atoms with Crippen molar-refractivity contribution in [3.63, 3.8) is 0 Å². The summed E-state index contributed by atoms with van der Waals surface area (Å²) in [7, 11) is 2.95. The minimum absolute atomic E-state index is 0.309. The van der Waals surface area contributed by atoms with Crippen LogP contribution in [0.2, 0.25) is 0 Å². The van der Waals surface area contributed by atoms with Crippen LogP contribution in [0.15, 0.2) is 66.7 Å². The maximum Gasteiger partial charge on any atom is 0.328 e. The van der Waals surface area contributed by atoms with Gasteiger partial charge in [0.25, 0.3) is 5.91 Å². The second kappa shape index (κ2) is 11.7. The van der Waals surface area contributed by atoms with Crippen LogP contribution >= 0.6 is 0 Å². The van der Waals surface area contributed by atoms with Crippen molar-refractivity contribution < 1.29 is 23.8 Å². The number of fused-ring (bicyclic) bond motifs is 5. The van der Waals surface area contributed by atoms with Crippen LogP contribution in [0.25, 0.3) is 22.2 Å². The number of ether oxygens (including phenoxy) is 3. The summed E-state index contributed by atoms with van der Waals surface area (Å²) in [6, 6.07) is 20.8. The normalized spacial score (nSPS) is 15.7. The maximum atomic E-state index is 13.6. The summed E-state index contributed by atoms with van der Waals surface area (Å²) in [5.41, 5.74) is 6.12. The highest BCUT2D eigenvalue weighted by molar-refractivity contribution is 6.02. The lowest BCUT2D eigenvalue weighted by atomic mass is 9.81. The zero-order valence-electron chi connectivity index (χ0n) is 23.7. The van der Waals surface area contributed by atoms with E-state index in [1.807, 2.05) is 48.5 Å². The highest BCUT2D eigenvalue weighted by atomic mass is 16.5. The fourth-order valence-electron chi connectivity index (χ4n) is 6.45. The van der Waals surface area contributed by atoms with Gasteiger partial charge in [-0.3, -0.25) is 4.79 Å². The molecule has 212 valence electrons. The van der Waals surface area contributed by atoms with Crippen LogP contribution in [0.5, 0.6) is 11.5 Å². The van der Waals surface area contributed by atoms with Crippen molar-refractivity contribution in [3.8, 4) is 22.8 Å². The lowest BCUT2D eigenvalue weighted by Gasteiger charge is -2.23. The van der Waals surface area contributed by atoms with Gasteiger partial charge in [-0.2, -0.15) is 0 Å². The smallest absolute Gasteiger partial charge is 0.328 e. The van der Waals surface area contributed by atoms with E-state index in [4.69, 9.17) is 14.2 Å². The van der Waals surface area contributed by atoms with E-state index in [0.717, 1.165) is 28.1 Å². The van der Waals surface area contributed by atoms with Crippen molar-refractivity contribution in [2.45, 2.75) is 57.0 Å². The van der Waals surface area contributed by atoms with E-state index >= 15 is 0 Å². The van der Waals surface area contributed by atoms with Crippen molar-refractivity contribution in [1.82, 2.24) is 9.88 Å². The molecule has 3 aromatic carbocycles. The quantitative estimate of drug-likeness (QED) is 0.274. The number of nitrogens with one attached hydrogen (secondary N) is 1. The third kappa shape index (κ3) is 5.29. The molecule has 0 unspecified atom stereocenters. The Labute approximate surface area is 240 Å². The summed E-state index contributed by atoms with van der Waals surface area (Å²) in [6.45, 7) is 1.25. The zero-order chi connectivity index (χ0) is 28.3. The zero-order valence-corrected chi connectivity index (χ0v) is 23.7. The molecule has 1 fully saturated rings. The van der Waals surface area contributed by atoms with Crippen LogP contribution in [0.1, 0.15) is 59.5 Å². The van der Waals surface area contributed by atoms with Gasteiger partial charge < -0.3 is 24.1 Å². The lowest BCUT2D eigenvalue weighted by molar-refractivity contribution is -0.142. The molecule has 0 spiro atoms. The summed E-state index contributed by atoms with van der Waals surface area (Å²) >= 11 is 0. The Kier molecular flexibility index (Phi) is 7.68. The highest BCUT2D eigenvalue weighted by Crippen LogP contribution is 2.47. The number of nitrogens with zero attached hydrogens (tertiary/aromatic N) is 1. The molecule has 0 saturated heterocycles. The van der Waals surface area contributed by atoms with Gasteiger partial charge in [0.15, 0.2) is 0 Å². The molecule has 2 heterocycles. The summed E-state index contributed by atoms with van der Waals surface area (Å²) in [6.07, 6.45) is 6.40. The Morgan fingerprint density at radius 1 is 1.00 bits per heavy atom. The molecule has 6 rings (SSSR count). The second-order valence-electron chi connectivity index (χ2n) is 10.9. The van der Waals surface area contributed by atoms with E-state index in [-0.39, 0.29) is 5.91 Å². The Hall–Kier alpha value is -4.26. The topological polar surface area (TPSA) is 78.8 Å². The molecule has 7 heteroatoms. The molecule has 2 aliphatic rings. The predicted octanol–water partition coefficient (Wildman–Crippen LogP) is 6.27. The first-order valence-electron chi connectivity index (χ1n) is 14.5. The number of aromatic nitrogens is 1. The van der Waals surface area contributed by atoms with Gasteiger partial charge in [0.1, 0.15) is 24.1 Å². The number of methoxy groups -OCH3 is 2. The average molecular weight is 553 g/mol. The second-order valence-corrected chi connectivity index (χ2v) is 10.9. The Bertz CT molecular complexity index is 1570. The molecule has 1 N–H and O–H groups in total. The Morgan fingerprint density at radius 3 is 2.54 bits per heavy atom. The number of benzene rings is 3. The van der Waals surface area contributed by atoms with Gasteiger partial charge in [-0.05, 0) is 66.3 Å². The first-order valence-corrected chi connectivity index (χ1v) is 14.5. The molecule has 0 bridgehead atoms. The van der Waals surface area contributed by atoms with Crippen LogP contribution < -0.4 is 14.8 Å². The third-order valence-corrected chi connectivity index (χ3v) is 8.48. The van der Waals surface area contributed by atoms with Crippen LogP contribution in [0, 0.1) is 0 Å². The molecular formula is C34H36N2O5. The van der Waals surface area contributed by atoms with Gasteiger partial charge >= 0.3 is 5.97 Å². The number of hydrogen-bond acceptors (Lipinski definition) is 5. The highest BCUT2D eigenvalue weighted by Gasteiger charge is 2.30. The average Bonchev–Trinajstić information content (AvgIpc) is 3.22. The molecule has 0 radical (unpaired) electrons. The van der Waals surface area contributed by atoms with Gasteiger partial charge in [-0.1, -0.05) is 49.6 Å². The Balaban J connectivity index is 1.37. The summed E-state index contributed by atoms with van der Waals surface area (Å²) in [4.78, 5) is 26.2. The fourth-order valence-corrected chi connectivity index (χ4v) is 6.45. The van der Waals surface area contributed by atoms with Gasteiger partial charge in [0.2, 0.25) is 0 Å². The van der Waals surface area contributed by atoms with Gasteiger partial charge in [0.05, 0.1) is 26.5 Å². The maximum absolute atomic E-state index is 13.6. The third-order valence-electron chi connectivity index (χ3n) is 8.48. The summed E-state index contributed by atoms with van der Waals surface area (Å²) in [5.74, 6) is 1.31. The first-order chi connectivity index (χ1) is 20.1.